The Bertz CT molecular complexity index is 466. The van der Waals surface area contributed by atoms with E-state index in [1.165, 1.54) is 6.42 Å². The molecular formula is C15H25ClN2O3. The van der Waals surface area contributed by atoms with E-state index in [-0.39, 0.29) is 0 Å². The van der Waals surface area contributed by atoms with Crippen molar-refractivity contribution in [2.75, 3.05) is 20.8 Å². The Hall–Kier alpha value is -0.620. The lowest BCUT2D eigenvalue weighted by Gasteiger charge is -2.42. The highest BCUT2D eigenvalue weighted by Crippen LogP contribution is 2.44. The number of aromatic nitrogens is 2. The quantitative estimate of drug-likeness (QED) is 0.877. The molecule has 2 rings (SSSR count). The van der Waals surface area contributed by atoms with Gasteiger partial charge in [-0.1, -0.05) is 31.4 Å². The van der Waals surface area contributed by atoms with Gasteiger partial charge in [0.15, 0.2) is 0 Å². The molecule has 0 spiro atoms. The summed E-state index contributed by atoms with van der Waals surface area (Å²) in [4.78, 5) is 0. The van der Waals surface area contributed by atoms with Crippen LogP contribution in [0.2, 0.25) is 5.02 Å². The lowest BCUT2D eigenvalue weighted by molar-refractivity contribution is -0.136. The summed E-state index contributed by atoms with van der Waals surface area (Å²) >= 11 is 6.25. The average Bonchev–Trinajstić information content (AvgIpc) is 2.85. The molecule has 0 saturated heterocycles. The molecule has 1 aromatic heterocycles. The molecule has 0 radical (unpaired) electrons. The smallest absolute Gasteiger partial charge is 0.126 e. The minimum Gasteiger partial charge on any atom is -0.384 e. The normalized spacial score (nSPS) is 27.8. The van der Waals surface area contributed by atoms with Crippen molar-refractivity contribution >= 4 is 11.6 Å². The van der Waals surface area contributed by atoms with Gasteiger partial charge in [0.05, 0.1) is 35.7 Å². The van der Waals surface area contributed by atoms with E-state index in [2.05, 4.69) is 12.0 Å². The Labute approximate surface area is 131 Å². The van der Waals surface area contributed by atoms with Crippen LogP contribution in [-0.4, -0.2) is 41.3 Å². The number of methoxy groups -OCH3 is 2. The van der Waals surface area contributed by atoms with E-state index < -0.39 is 11.7 Å². The van der Waals surface area contributed by atoms with Crippen molar-refractivity contribution < 1.29 is 14.6 Å². The predicted octanol–water partition coefficient (Wildman–Crippen LogP) is 2.81. The van der Waals surface area contributed by atoms with Gasteiger partial charge in [-0.25, -0.2) is 0 Å². The fourth-order valence-corrected chi connectivity index (χ4v) is 3.58. The van der Waals surface area contributed by atoms with Crippen molar-refractivity contribution in [1.82, 2.24) is 9.78 Å². The van der Waals surface area contributed by atoms with Gasteiger partial charge in [0, 0.05) is 14.2 Å². The van der Waals surface area contributed by atoms with Crippen molar-refractivity contribution in [1.29, 1.82) is 0 Å². The van der Waals surface area contributed by atoms with Gasteiger partial charge in [0.1, 0.15) is 6.10 Å². The molecule has 1 aliphatic carbocycles. The maximum atomic E-state index is 11.0. The molecule has 0 bridgehead atoms. The molecule has 1 heterocycles. The zero-order valence-electron chi connectivity index (χ0n) is 13.0. The average molecular weight is 317 g/mol. The molecule has 3 atom stereocenters. The van der Waals surface area contributed by atoms with Crippen molar-refractivity contribution in [3.05, 3.63) is 16.9 Å². The Morgan fingerprint density at radius 1 is 1.57 bits per heavy atom. The number of ether oxygens (including phenoxy) is 2. The van der Waals surface area contributed by atoms with E-state index >= 15 is 0 Å². The highest BCUT2D eigenvalue weighted by Gasteiger charge is 2.44. The minimum absolute atomic E-state index is 0.480. The van der Waals surface area contributed by atoms with Crippen molar-refractivity contribution in [3.8, 4) is 0 Å². The molecule has 1 aliphatic rings. The third-order valence-corrected chi connectivity index (χ3v) is 4.79. The second-order valence-corrected chi connectivity index (χ2v) is 6.37. The molecule has 0 aromatic carbocycles. The number of aliphatic hydroxyl groups is 1. The molecule has 1 N–H and O–H groups in total. The Balaban J connectivity index is 2.28. The Kier molecular flexibility index (Phi) is 5.66. The van der Waals surface area contributed by atoms with Crippen LogP contribution in [0.25, 0.3) is 0 Å². The topological polar surface area (TPSA) is 56.5 Å². The van der Waals surface area contributed by atoms with E-state index in [1.54, 1.807) is 25.1 Å². The summed E-state index contributed by atoms with van der Waals surface area (Å²) in [5.41, 5.74) is 0.0521. The van der Waals surface area contributed by atoms with Crippen LogP contribution < -0.4 is 0 Å². The largest absolute Gasteiger partial charge is 0.384 e. The van der Waals surface area contributed by atoms with Crippen LogP contribution in [0.4, 0.5) is 0 Å². The van der Waals surface area contributed by atoms with Gasteiger partial charge in [0.25, 0.3) is 0 Å². The highest BCUT2D eigenvalue weighted by atomic mass is 35.5. The second-order valence-electron chi connectivity index (χ2n) is 5.97. The van der Waals surface area contributed by atoms with Gasteiger partial charge in [-0.15, -0.1) is 0 Å². The number of hydrogen-bond acceptors (Lipinski definition) is 4. The zero-order valence-corrected chi connectivity index (χ0v) is 13.8. The van der Waals surface area contributed by atoms with E-state index in [9.17, 15) is 5.11 Å². The zero-order chi connectivity index (χ0) is 15.5. The van der Waals surface area contributed by atoms with Crippen molar-refractivity contribution in [3.63, 3.8) is 0 Å². The summed E-state index contributed by atoms with van der Waals surface area (Å²) in [6, 6.07) is 0. The molecule has 0 amide bonds. The third kappa shape index (κ3) is 3.42. The molecule has 6 heteroatoms. The number of nitrogens with zero attached hydrogens (tertiary/aromatic N) is 2. The predicted molar refractivity (Wildman–Crippen MR) is 81.4 cm³/mol. The Morgan fingerprint density at radius 2 is 2.33 bits per heavy atom. The first-order valence-electron chi connectivity index (χ1n) is 7.47. The first-order chi connectivity index (χ1) is 10.0. The minimum atomic E-state index is -0.780. The third-order valence-electron chi connectivity index (χ3n) is 4.50. The summed E-state index contributed by atoms with van der Waals surface area (Å²) in [6.45, 7) is 3.28. The van der Waals surface area contributed by atoms with E-state index in [0.29, 0.717) is 29.8 Å². The van der Waals surface area contributed by atoms with Gasteiger partial charge in [0.2, 0.25) is 0 Å². The van der Waals surface area contributed by atoms with Crippen LogP contribution >= 0.6 is 11.6 Å². The van der Waals surface area contributed by atoms with Crippen molar-refractivity contribution in [2.24, 2.45) is 5.92 Å². The van der Waals surface area contributed by atoms with Gasteiger partial charge < -0.3 is 14.6 Å². The van der Waals surface area contributed by atoms with Crippen LogP contribution in [-0.2, 0) is 16.0 Å². The van der Waals surface area contributed by atoms with Crippen molar-refractivity contribution in [2.45, 2.75) is 50.9 Å². The van der Waals surface area contributed by atoms with Crippen LogP contribution in [0.5, 0.6) is 0 Å². The fourth-order valence-electron chi connectivity index (χ4n) is 3.34. The maximum Gasteiger partial charge on any atom is 0.126 e. The molecule has 3 unspecified atom stereocenters. The van der Waals surface area contributed by atoms with Crippen LogP contribution in [0.3, 0.4) is 0 Å². The summed E-state index contributed by atoms with van der Waals surface area (Å²) in [7, 11) is 3.31. The number of halogens is 1. The van der Waals surface area contributed by atoms with Gasteiger partial charge in [-0.05, 0) is 18.8 Å². The van der Waals surface area contributed by atoms with E-state index in [0.717, 1.165) is 19.3 Å². The van der Waals surface area contributed by atoms with E-state index in [4.69, 9.17) is 21.1 Å². The highest BCUT2D eigenvalue weighted by molar-refractivity contribution is 6.31. The van der Waals surface area contributed by atoms with Crippen LogP contribution in [0, 0.1) is 5.92 Å². The standard InChI is InChI=1S/C15H25ClN2O3/c1-11-5-4-6-15(9-11,21-3)14(19)13-12(16)10-17-18(13)7-8-20-2/h10-11,14,19H,4-9H2,1-3H3. The van der Waals surface area contributed by atoms with Crippen LogP contribution in [0.15, 0.2) is 6.20 Å². The van der Waals surface area contributed by atoms with Gasteiger partial charge >= 0.3 is 0 Å². The molecule has 1 saturated carbocycles. The van der Waals surface area contributed by atoms with E-state index in [1.807, 2.05) is 0 Å². The first-order valence-corrected chi connectivity index (χ1v) is 7.85. The molecule has 1 fully saturated rings. The molecule has 21 heavy (non-hydrogen) atoms. The Morgan fingerprint density at radius 3 is 2.95 bits per heavy atom. The lowest BCUT2D eigenvalue weighted by atomic mass is 9.75. The first kappa shape index (κ1) is 16.7. The molecule has 120 valence electrons. The molecule has 5 nitrogen and oxygen atoms in total. The monoisotopic (exact) mass is 316 g/mol. The number of hydrogen-bond donors (Lipinski definition) is 1. The molecule has 1 aromatic rings. The lowest BCUT2D eigenvalue weighted by Crippen LogP contribution is -2.43. The summed E-state index contributed by atoms with van der Waals surface area (Å²) in [6.07, 6.45) is 4.68. The summed E-state index contributed by atoms with van der Waals surface area (Å²) in [5.74, 6) is 0.530. The number of rotatable bonds is 6. The second kappa shape index (κ2) is 7.09. The SMILES string of the molecule is COCCn1ncc(Cl)c1C(O)C1(OC)CCCC(C)C1. The van der Waals surface area contributed by atoms with Gasteiger partial charge in [-0.2, -0.15) is 5.10 Å². The summed E-state index contributed by atoms with van der Waals surface area (Å²) in [5, 5.41) is 15.7. The summed E-state index contributed by atoms with van der Waals surface area (Å²) < 4.78 is 12.6. The maximum absolute atomic E-state index is 11.0. The fraction of sp³-hybridized carbons (Fsp3) is 0.800. The van der Waals surface area contributed by atoms with Gasteiger partial charge in [-0.3, -0.25) is 4.68 Å². The molecular weight excluding hydrogens is 292 g/mol. The van der Waals surface area contributed by atoms with Crippen LogP contribution in [0.1, 0.15) is 44.4 Å². The molecule has 0 aliphatic heterocycles. The number of aliphatic hydroxyl groups excluding tert-OH is 1.